The van der Waals surface area contributed by atoms with Crippen LogP contribution in [0.25, 0.3) is 0 Å². The number of nitrogens with zero attached hydrogens (tertiary/aromatic N) is 2. The molecule has 0 aromatic carbocycles. The third kappa shape index (κ3) is 1.50. The van der Waals surface area contributed by atoms with Gasteiger partial charge in [-0.1, -0.05) is 6.92 Å². The molecule has 1 rings (SSSR count). The van der Waals surface area contributed by atoms with Crippen molar-refractivity contribution in [3.05, 3.63) is 18.2 Å². The lowest BCUT2D eigenvalue weighted by Crippen LogP contribution is -2.24. The summed E-state index contributed by atoms with van der Waals surface area (Å²) in [6.45, 7) is 6.64. The molecule has 0 bridgehead atoms. The highest BCUT2D eigenvalue weighted by molar-refractivity contribution is 5.02. The maximum Gasteiger partial charge on any atom is 0.140 e. The molecule has 3 heteroatoms. The normalized spacial score (nSPS) is 16.0. The standard InChI is InChI=1S/C9H16N2O/c1-4-9(3,12)8-10-6-7-11(8)5-2/h6-7,12H,4-5H2,1-3H3. The Balaban J connectivity index is 3.00. The van der Waals surface area contributed by atoms with Gasteiger partial charge in [-0.15, -0.1) is 0 Å². The summed E-state index contributed by atoms with van der Waals surface area (Å²) in [6.07, 6.45) is 4.30. The molecule has 1 aromatic rings. The third-order valence-corrected chi connectivity index (χ3v) is 2.23. The number of aliphatic hydroxyl groups is 1. The van der Waals surface area contributed by atoms with Gasteiger partial charge in [0.05, 0.1) is 0 Å². The molecule has 12 heavy (non-hydrogen) atoms. The quantitative estimate of drug-likeness (QED) is 0.743. The van der Waals surface area contributed by atoms with Gasteiger partial charge in [0.15, 0.2) is 0 Å². The van der Waals surface area contributed by atoms with Gasteiger partial charge in [-0.3, -0.25) is 0 Å². The van der Waals surface area contributed by atoms with Gasteiger partial charge in [-0.2, -0.15) is 0 Å². The molecule has 0 saturated carbocycles. The molecule has 3 nitrogen and oxygen atoms in total. The lowest BCUT2D eigenvalue weighted by atomic mass is 10.0. The van der Waals surface area contributed by atoms with Crippen molar-refractivity contribution in [3.8, 4) is 0 Å². The van der Waals surface area contributed by atoms with Crippen LogP contribution in [0.5, 0.6) is 0 Å². The highest BCUT2D eigenvalue weighted by Gasteiger charge is 2.25. The number of aromatic nitrogens is 2. The van der Waals surface area contributed by atoms with E-state index in [9.17, 15) is 5.11 Å². The molecule has 1 N–H and O–H groups in total. The molecule has 0 aliphatic rings. The smallest absolute Gasteiger partial charge is 0.140 e. The zero-order chi connectivity index (χ0) is 9.19. The summed E-state index contributed by atoms with van der Waals surface area (Å²) in [4.78, 5) is 4.14. The van der Waals surface area contributed by atoms with Crippen molar-refractivity contribution < 1.29 is 5.11 Å². The average Bonchev–Trinajstić information content (AvgIpc) is 2.52. The predicted octanol–water partition coefficient (Wildman–Crippen LogP) is 1.52. The van der Waals surface area contributed by atoms with Gasteiger partial charge < -0.3 is 9.67 Å². The van der Waals surface area contributed by atoms with Crippen LogP contribution < -0.4 is 0 Å². The molecule has 0 aliphatic carbocycles. The fraction of sp³-hybridized carbons (Fsp3) is 0.667. The van der Waals surface area contributed by atoms with Crippen LogP contribution in [-0.2, 0) is 12.1 Å². The van der Waals surface area contributed by atoms with Gasteiger partial charge >= 0.3 is 0 Å². The summed E-state index contributed by atoms with van der Waals surface area (Å²) in [5.41, 5.74) is -0.792. The molecule has 1 aromatic heterocycles. The van der Waals surface area contributed by atoms with Gasteiger partial charge in [0.2, 0.25) is 0 Å². The van der Waals surface area contributed by atoms with Crippen LogP contribution in [0.3, 0.4) is 0 Å². The second kappa shape index (κ2) is 3.27. The number of imidazole rings is 1. The maximum atomic E-state index is 9.91. The highest BCUT2D eigenvalue weighted by atomic mass is 16.3. The minimum Gasteiger partial charge on any atom is -0.382 e. The van der Waals surface area contributed by atoms with Crippen LogP contribution in [0.15, 0.2) is 12.4 Å². The van der Waals surface area contributed by atoms with E-state index in [0.29, 0.717) is 6.42 Å². The van der Waals surface area contributed by atoms with E-state index in [-0.39, 0.29) is 0 Å². The first-order chi connectivity index (χ1) is 5.61. The number of aryl methyl sites for hydroxylation is 1. The van der Waals surface area contributed by atoms with Crippen molar-refractivity contribution in [1.82, 2.24) is 9.55 Å². The van der Waals surface area contributed by atoms with E-state index < -0.39 is 5.60 Å². The van der Waals surface area contributed by atoms with Crippen LogP contribution in [0.4, 0.5) is 0 Å². The van der Waals surface area contributed by atoms with Crippen LogP contribution in [-0.4, -0.2) is 14.7 Å². The van der Waals surface area contributed by atoms with Gasteiger partial charge in [0.25, 0.3) is 0 Å². The van der Waals surface area contributed by atoms with Gasteiger partial charge in [0, 0.05) is 18.9 Å². The Hall–Kier alpha value is -0.830. The van der Waals surface area contributed by atoms with E-state index >= 15 is 0 Å². The zero-order valence-corrected chi connectivity index (χ0v) is 7.91. The van der Waals surface area contributed by atoms with E-state index in [1.165, 1.54) is 0 Å². The van der Waals surface area contributed by atoms with E-state index in [2.05, 4.69) is 4.98 Å². The van der Waals surface area contributed by atoms with Crippen molar-refractivity contribution in [1.29, 1.82) is 0 Å². The molecule has 68 valence electrons. The van der Waals surface area contributed by atoms with Gasteiger partial charge in [-0.05, 0) is 20.3 Å². The zero-order valence-electron chi connectivity index (χ0n) is 7.91. The summed E-state index contributed by atoms with van der Waals surface area (Å²) in [5, 5.41) is 9.91. The summed E-state index contributed by atoms with van der Waals surface area (Å²) in [5.74, 6) is 0.757. The van der Waals surface area contributed by atoms with Crippen molar-refractivity contribution in [3.63, 3.8) is 0 Å². The van der Waals surface area contributed by atoms with E-state index in [0.717, 1.165) is 12.4 Å². The van der Waals surface area contributed by atoms with Crippen molar-refractivity contribution in [2.75, 3.05) is 0 Å². The Morgan fingerprint density at radius 3 is 2.75 bits per heavy atom. The Morgan fingerprint density at radius 1 is 1.58 bits per heavy atom. The third-order valence-electron chi connectivity index (χ3n) is 2.23. The fourth-order valence-electron chi connectivity index (χ4n) is 1.19. The molecule has 1 unspecified atom stereocenters. The Bertz CT molecular complexity index is 253. The molecular weight excluding hydrogens is 152 g/mol. The fourth-order valence-corrected chi connectivity index (χ4v) is 1.19. The largest absolute Gasteiger partial charge is 0.382 e. The lowest BCUT2D eigenvalue weighted by molar-refractivity contribution is 0.0401. The second-order valence-electron chi connectivity index (χ2n) is 3.16. The first kappa shape index (κ1) is 9.26. The van der Waals surface area contributed by atoms with Gasteiger partial charge in [-0.25, -0.2) is 4.98 Å². The van der Waals surface area contributed by atoms with Crippen molar-refractivity contribution in [2.24, 2.45) is 0 Å². The maximum absolute atomic E-state index is 9.91. The molecule has 0 spiro atoms. The molecule has 1 heterocycles. The molecule has 1 atom stereocenters. The minimum atomic E-state index is -0.792. The molecule has 0 radical (unpaired) electrons. The Kier molecular flexibility index (Phi) is 2.52. The van der Waals surface area contributed by atoms with E-state index in [1.807, 2.05) is 24.6 Å². The van der Waals surface area contributed by atoms with Crippen LogP contribution in [0, 0.1) is 0 Å². The first-order valence-electron chi connectivity index (χ1n) is 4.35. The summed E-state index contributed by atoms with van der Waals surface area (Å²) < 4.78 is 1.96. The second-order valence-corrected chi connectivity index (χ2v) is 3.16. The van der Waals surface area contributed by atoms with Crippen LogP contribution >= 0.6 is 0 Å². The Morgan fingerprint density at radius 2 is 2.25 bits per heavy atom. The molecule has 0 amide bonds. The van der Waals surface area contributed by atoms with E-state index in [1.54, 1.807) is 13.1 Å². The summed E-state index contributed by atoms with van der Waals surface area (Å²) in [6, 6.07) is 0. The molecule has 0 aliphatic heterocycles. The lowest BCUT2D eigenvalue weighted by Gasteiger charge is -2.21. The van der Waals surface area contributed by atoms with E-state index in [4.69, 9.17) is 0 Å². The van der Waals surface area contributed by atoms with Gasteiger partial charge in [0.1, 0.15) is 11.4 Å². The molecular formula is C9H16N2O. The summed E-state index contributed by atoms with van der Waals surface area (Å²) in [7, 11) is 0. The highest BCUT2D eigenvalue weighted by Crippen LogP contribution is 2.21. The predicted molar refractivity (Wildman–Crippen MR) is 47.8 cm³/mol. The van der Waals surface area contributed by atoms with Crippen molar-refractivity contribution >= 4 is 0 Å². The SMILES string of the molecule is CCn1ccnc1C(C)(O)CC. The van der Waals surface area contributed by atoms with Crippen molar-refractivity contribution in [2.45, 2.75) is 39.3 Å². The topological polar surface area (TPSA) is 38.0 Å². The van der Waals surface area contributed by atoms with Crippen LogP contribution in [0.1, 0.15) is 33.0 Å². The monoisotopic (exact) mass is 168 g/mol. The molecule has 0 fully saturated rings. The number of hydrogen-bond donors (Lipinski definition) is 1. The molecule has 0 saturated heterocycles. The average molecular weight is 168 g/mol. The minimum absolute atomic E-state index is 0.685. The van der Waals surface area contributed by atoms with Crippen LogP contribution in [0.2, 0.25) is 0 Å². The Labute approximate surface area is 73.1 Å². The summed E-state index contributed by atoms with van der Waals surface area (Å²) >= 11 is 0. The number of rotatable bonds is 3. The first-order valence-corrected chi connectivity index (χ1v) is 4.35. The number of hydrogen-bond acceptors (Lipinski definition) is 2.